The summed E-state index contributed by atoms with van der Waals surface area (Å²) in [6.07, 6.45) is 0. The molecule has 0 bridgehead atoms. The van der Waals surface area contributed by atoms with Crippen LogP contribution >= 0.6 is 0 Å². The van der Waals surface area contributed by atoms with Crippen LogP contribution in [0.15, 0.2) is 35.4 Å². The monoisotopic (exact) mass is 352 g/mol. The van der Waals surface area contributed by atoms with Gasteiger partial charge in [0.2, 0.25) is 0 Å². The molecule has 2 aliphatic carbocycles. The maximum atomic E-state index is 2.47. The topological polar surface area (TPSA) is 0 Å². The van der Waals surface area contributed by atoms with Crippen LogP contribution in [0.2, 0.25) is 0 Å². The van der Waals surface area contributed by atoms with Crippen molar-refractivity contribution in [1.82, 2.24) is 0 Å². The van der Waals surface area contributed by atoms with E-state index in [4.69, 9.17) is 0 Å². The van der Waals surface area contributed by atoms with Gasteiger partial charge in [-0.15, -0.1) is 0 Å². The van der Waals surface area contributed by atoms with Crippen molar-refractivity contribution in [2.45, 2.75) is 93.9 Å². The number of fused-ring (bicyclic) bond motifs is 4. The summed E-state index contributed by atoms with van der Waals surface area (Å²) in [5.74, 6) is 0. The summed E-state index contributed by atoms with van der Waals surface area (Å²) in [6, 6.07) is 9.31. The Bertz CT molecular complexity index is 710. The smallest absolute Gasteiger partial charge is 0.0361 e. The van der Waals surface area contributed by atoms with Crippen LogP contribution in [0, 0.1) is 21.7 Å². The molecule has 0 saturated heterocycles. The molecule has 2 atom stereocenters. The summed E-state index contributed by atoms with van der Waals surface area (Å²) in [6.45, 7) is 29.4. The van der Waals surface area contributed by atoms with Crippen molar-refractivity contribution in [2.75, 3.05) is 0 Å². The molecule has 1 aromatic rings. The molecule has 2 unspecified atom stereocenters. The molecule has 2 aliphatic rings. The average Bonchev–Trinajstić information content (AvgIpc) is 2.32. The molecule has 0 fully saturated rings. The van der Waals surface area contributed by atoms with E-state index in [1.54, 1.807) is 22.3 Å². The molecule has 26 heavy (non-hydrogen) atoms. The van der Waals surface area contributed by atoms with Gasteiger partial charge in [0.15, 0.2) is 0 Å². The molecule has 0 spiro atoms. The number of allylic oxidation sites excluding steroid dienone is 2. The second kappa shape index (κ2) is 4.86. The van der Waals surface area contributed by atoms with Crippen LogP contribution in [-0.4, -0.2) is 0 Å². The second-order valence-electron chi connectivity index (χ2n) is 12.8. The van der Waals surface area contributed by atoms with Gasteiger partial charge in [0.05, 0.1) is 0 Å². The van der Waals surface area contributed by atoms with Crippen molar-refractivity contribution in [3.8, 4) is 0 Å². The molecule has 0 N–H and O–H groups in total. The zero-order chi connectivity index (χ0) is 20.1. The molecular formula is C26H40. The van der Waals surface area contributed by atoms with Crippen LogP contribution in [0.1, 0.15) is 94.2 Å². The highest BCUT2D eigenvalue weighted by molar-refractivity contribution is 5.78. The fourth-order valence-corrected chi connectivity index (χ4v) is 6.99. The Kier molecular flexibility index (Phi) is 3.69. The van der Waals surface area contributed by atoms with Crippen LogP contribution in [-0.2, 0) is 10.8 Å². The van der Waals surface area contributed by atoms with Gasteiger partial charge >= 0.3 is 0 Å². The van der Waals surface area contributed by atoms with Crippen LogP contribution in [0.25, 0.3) is 0 Å². The first-order valence-corrected chi connectivity index (χ1v) is 10.3. The summed E-state index contributed by atoms with van der Waals surface area (Å²) < 4.78 is 0. The molecule has 3 rings (SSSR count). The summed E-state index contributed by atoms with van der Waals surface area (Å²) in [5.41, 5.74) is 7.50. The third-order valence-corrected chi connectivity index (χ3v) is 7.05. The Morgan fingerprint density at radius 1 is 0.500 bits per heavy atom. The minimum atomic E-state index is 0.121. The van der Waals surface area contributed by atoms with Crippen LogP contribution < -0.4 is 0 Å². The molecule has 0 amide bonds. The molecule has 144 valence electrons. The lowest BCUT2D eigenvalue weighted by molar-refractivity contribution is -0.0531. The van der Waals surface area contributed by atoms with Crippen LogP contribution in [0.3, 0.4) is 0 Å². The first kappa shape index (κ1) is 19.7. The second-order valence-corrected chi connectivity index (χ2v) is 12.8. The third kappa shape index (κ3) is 1.87. The fraction of sp³-hybridized carbons (Fsp3) is 0.692. The molecule has 0 nitrogen and oxygen atoms in total. The summed E-state index contributed by atoms with van der Waals surface area (Å²) >= 11 is 0. The third-order valence-electron chi connectivity index (χ3n) is 7.05. The van der Waals surface area contributed by atoms with E-state index in [0.29, 0.717) is 0 Å². The van der Waals surface area contributed by atoms with Gasteiger partial charge in [-0.05, 0) is 32.8 Å². The van der Waals surface area contributed by atoms with Crippen molar-refractivity contribution in [2.24, 2.45) is 21.7 Å². The van der Waals surface area contributed by atoms with Crippen molar-refractivity contribution < 1.29 is 0 Å². The molecule has 1 aromatic carbocycles. The predicted molar refractivity (Wildman–Crippen MR) is 115 cm³/mol. The first-order chi connectivity index (χ1) is 11.5. The van der Waals surface area contributed by atoms with Crippen molar-refractivity contribution in [3.63, 3.8) is 0 Å². The van der Waals surface area contributed by atoms with Gasteiger partial charge in [-0.3, -0.25) is 0 Å². The summed E-state index contributed by atoms with van der Waals surface area (Å²) in [5, 5.41) is 0. The predicted octanol–water partition coefficient (Wildman–Crippen LogP) is 7.67. The highest BCUT2D eigenvalue weighted by Crippen LogP contribution is 2.85. The molecule has 0 heterocycles. The Balaban J connectivity index is 2.58. The van der Waals surface area contributed by atoms with E-state index in [9.17, 15) is 0 Å². The fourth-order valence-electron chi connectivity index (χ4n) is 6.99. The highest BCUT2D eigenvalue weighted by atomic mass is 14.8. The van der Waals surface area contributed by atoms with E-state index >= 15 is 0 Å². The highest BCUT2D eigenvalue weighted by Gasteiger charge is 2.81. The van der Waals surface area contributed by atoms with E-state index in [-0.39, 0.29) is 32.5 Å². The summed E-state index contributed by atoms with van der Waals surface area (Å²) in [4.78, 5) is 0. The number of benzene rings is 1. The minimum absolute atomic E-state index is 0.121. The van der Waals surface area contributed by atoms with Crippen molar-refractivity contribution in [3.05, 3.63) is 46.5 Å². The Hall–Kier alpha value is -1.04. The zero-order valence-electron chi connectivity index (χ0n) is 19.3. The van der Waals surface area contributed by atoms with Gasteiger partial charge < -0.3 is 0 Å². The molecule has 0 saturated carbocycles. The van der Waals surface area contributed by atoms with Crippen LogP contribution in [0.5, 0.6) is 0 Å². The maximum Gasteiger partial charge on any atom is 0.0361 e. The lowest BCUT2D eigenvalue weighted by atomic mass is 9.20. The van der Waals surface area contributed by atoms with Gasteiger partial charge in [0, 0.05) is 10.8 Å². The quantitative estimate of drug-likeness (QED) is 0.420. The normalized spacial score (nSPS) is 28.9. The van der Waals surface area contributed by atoms with E-state index in [1.165, 1.54) is 0 Å². The number of rotatable bonds is 0. The molecule has 0 radical (unpaired) electrons. The molecule has 0 aromatic heterocycles. The number of hydrogen-bond acceptors (Lipinski definition) is 0. The van der Waals surface area contributed by atoms with E-state index in [0.717, 1.165) is 0 Å². The van der Waals surface area contributed by atoms with E-state index in [2.05, 4.69) is 107 Å². The first-order valence-electron chi connectivity index (χ1n) is 10.3. The van der Waals surface area contributed by atoms with Gasteiger partial charge in [-0.2, -0.15) is 0 Å². The largest absolute Gasteiger partial charge is 0.0619 e. The molecule has 0 heteroatoms. The van der Waals surface area contributed by atoms with E-state index in [1.807, 2.05) is 0 Å². The maximum absolute atomic E-state index is 2.47. The minimum Gasteiger partial charge on any atom is -0.0619 e. The zero-order valence-corrected chi connectivity index (χ0v) is 19.3. The SMILES string of the molecule is CC(C)(C)C1=C(C(C)(C)C)C2(C(C)(C)C)c3ccccc3C12C(C)(C)C. The van der Waals surface area contributed by atoms with Gasteiger partial charge in [0.1, 0.15) is 0 Å². The lowest BCUT2D eigenvalue weighted by Gasteiger charge is -2.82. The van der Waals surface area contributed by atoms with E-state index < -0.39 is 0 Å². The Morgan fingerprint density at radius 3 is 0.962 bits per heavy atom. The van der Waals surface area contributed by atoms with Crippen molar-refractivity contribution >= 4 is 0 Å². The Morgan fingerprint density at radius 2 is 0.769 bits per heavy atom. The molecular weight excluding hydrogens is 312 g/mol. The lowest BCUT2D eigenvalue weighted by Crippen LogP contribution is -2.79. The number of hydrogen-bond donors (Lipinski definition) is 0. The Labute approximate surface area is 162 Å². The van der Waals surface area contributed by atoms with Gasteiger partial charge in [-0.25, -0.2) is 0 Å². The van der Waals surface area contributed by atoms with Gasteiger partial charge in [0.25, 0.3) is 0 Å². The average molecular weight is 353 g/mol. The standard InChI is InChI=1S/C26H40/c1-21(2,3)19-20(22(4,5)6)26(24(10,11)12)18-16-14-13-15-17(18)25(19,26)23(7,8)9/h13-16H,1-12H3. The van der Waals surface area contributed by atoms with Crippen LogP contribution in [0.4, 0.5) is 0 Å². The molecule has 0 aliphatic heterocycles. The summed E-state index contributed by atoms with van der Waals surface area (Å²) in [7, 11) is 0. The van der Waals surface area contributed by atoms with Gasteiger partial charge in [-0.1, -0.05) is 118 Å². The van der Waals surface area contributed by atoms with Crippen molar-refractivity contribution in [1.29, 1.82) is 0 Å².